The van der Waals surface area contributed by atoms with Crippen LogP contribution in [0.5, 0.6) is 0 Å². The molecular formula is C26H30N4. The molecule has 0 aromatic heterocycles. The Morgan fingerprint density at radius 2 is 1.97 bits per heavy atom. The standard InChI is InChI=1S/C26H30N4/c1-19-26(24-16-21(17-27)5-7-25(24)29-19)9-13-30(14-10-26)12-2-3-20-4-6-23-18-28-11-8-22(23)15-20/h4-7,15-16,28-29H,1-3,8-14,18H2. The van der Waals surface area contributed by atoms with E-state index in [0.29, 0.717) is 0 Å². The van der Waals surface area contributed by atoms with Gasteiger partial charge in [-0.05, 0) is 98.7 Å². The van der Waals surface area contributed by atoms with E-state index < -0.39 is 0 Å². The zero-order chi connectivity index (χ0) is 20.6. The van der Waals surface area contributed by atoms with Crippen LogP contribution in [0.4, 0.5) is 5.69 Å². The largest absolute Gasteiger partial charge is 0.358 e. The number of nitrogens with one attached hydrogen (secondary N) is 2. The molecule has 1 saturated heterocycles. The molecule has 30 heavy (non-hydrogen) atoms. The van der Waals surface area contributed by atoms with Gasteiger partial charge in [-0.2, -0.15) is 5.26 Å². The monoisotopic (exact) mass is 398 g/mol. The van der Waals surface area contributed by atoms with Gasteiger partial charge in [0.05, 0.1) is 11.6 Å². The average molecular weight is 399 g/mol. The van der Waals surface area contributed by atoms with Crippen LogP contribution in [0.3, 0.4) is 0 Å². The summed E-state index contributed by atoms with van der Waals surface area (Å²) in [5.41, 5.74) is 8.74. The first kappa shape index (κ1) is 19.4. The number of likely N-dealkylation sites (tertiary alicyclic amines) is 1. The number of nitrogens with zero attached hydrogens (tertiary/aromatic N) is 2. The molecule has 3 aliphatic rings. The van der Waals surface area contributed by atoms with Crippen LogP contribution in [-0.2, 0) is 24.8 Å². The van der Waals surface area contributed by atoms with Crippen molar-refractivity contribution in [3.05, 3.63) is 76.5 Å². The molecule has 3 heterocycles. The van der Waals surface area contributed by atoms with E-state index in [4.69, 9.17) is 0 Å². The Kier molecular flexibility index (Phi) is 5.10. The smallest absolute Gasteiger partial charge is 0.0991 e. The third kappa shape index (κ3) is 3.43. The number of allylic oxidation sites excluding steroid dienone is 1. The lowest BCUT2D eigenvalue weighted by Gasteiger charge is -2.40. The lowest BCUT2D eigenvalue weighted by Crippen LogP contribution is -2.43. The van der Waals surface area contributed by atoms with Crippen molar-refractivity contribution >= 4 is 5.69 Å². The van der Waals surface area contributed by atoms with Crippen molar-refractivity contribution in [2.45, 2.75) is 44.1 Å². The molecule has 0 amide bonds. The number of rotatable bonds is 4. The Morgan fingerprint density at radius 1 is 1.10 bits per heavy atom. The minimum absolute atomic E-state index is 0.00871. The summed E-state index contributed by atoms with van der Waals surface area (Å²) in [6.07, 6.45) is 5.67. The van der Waals surface area contributed by atoms with E-state index in [1.807, 2.05) is 12.1 Å². The molecule has 1 spiro atoms. The van der Waals surface area contributed by atoms with E-state index in [2.05, 4.69) is 52.4 Å². The van der Waals surface area contributed by atoms with Crippen molar-refractivity contribution in [1.82, 2.24) is 10.2 Å². The Morgan fingerprint density at radius 3 is 2.80 bits per heavy atom. The number of nitriles is 1. The van der Waals surface area contributed by atoms with Crippen molar-refractivity contribution in [1.29, 1.82) is 5.26 Å². The average Bonchev–Trinajstić information content (AvgIpc) is 3.05. The highest BCUT2D eigenvalue weighted by atomic mass is 15.1. The molecule has 4 heteroatoms. The molecule has 0 atom stereocenters. The Labute approximate surface area is 179 Å². The molecule has 0 saturated carbocycles. The topological polar surface area (TPSA) is 51.1 Å². The zero-order valence-corrected chi connectivity index (χ0v) is 17.6. The van der Waals surface area contributed by atoms with Gasteiger partial charge in [-0.3, -0.25) is 0 Å². The van der Waals surface area contributed by atoms with Crippen LogP contribution in [0, 0.1) is 11.3 Å². The lowest BCUT2D eigenvalue weighted by atomic mass is 9.72. The Bertz CT molecular complexity index is 1010. The number of piperidine rings is 1. The molecule has 0 bridgehead atoms. The molecular weight excluding hydrogens is 368 g/mol. The van der Waals surface area contributed by atoms with Crippen molar-refractivity contribution in [2.24, 2.45) is 0 Å². The van der Waals surface area contributed by atoms with Crippen LogP contribution in [0.1, 0.15) is 47.1 Å². The molecule has 2 aromatic rings. The van der Waals surface area contributed by atoms with Gasteiger partial charge in [-0.25, -0.2) is 0 Å². The van der Waals surface area contributed by atoms with Crippen LogP contribution in [0.15, 0.2) is 48.7 Å². The predicted octanol–water partition coefficient (Wildman–Crippen LogP) is 4.11. The minimum Gasteiger partial charge on any atom is -0.358 e. The highest BCUT2D eigenvalue weighted by molar-refractivity contribution is 5.69. The van der Waals surface area contributed by atoms with Gasteiger partial charge in [0.2, 0.25) is 0 Å². The zero-order valence-electron chi connectivity index (χ0n) is 17.6. The quantitative estimate of drug-likeness (QED) is 0.814. The first-order chi connectivity index (χ1) is 14.7. The van der Waals surface area contributed by atoms with Gasteiger partial charge >= 0.3 is 0 Å². The summed E-state index contributed by atoms with van der Waals surface area (Å²) in [6, 6.07) is 15.4. The first-order valence-electron chi connectivity index (χ1n) is 11.2. The van der Waals surface area contributed by atoms with Gasteiger partial charge in [-0.1, -0.05) is 24.8 Å². The summed E-state index contributed by atoms with van der Waals surface area (Å²) in [5, 5.41) is 16.3. The molecule has 4 nitrogen and oxygen atoms in total. The molecule has 2 aromatic carbocycles. The molecule has 5 rings (SSSR count). The number of hydrogen-bond acceptors (Lipinski definition) is 4. The molecule has 0 radical (unpaired) electrons. The third-order valence-corrected chi connectivity index (χ3v) is 7.33. The van der Waals surface area contributed by atoms with E-state index in [0.717, 1.165) is 75.4 Å². The second-order valence-corrected chi connectivity index (χ2v) is 9.03. The maximum Gasteiger partial charge on any atom is 0.0991 e. The van der Waals surface area contributed by atoms with E-state index in [1.54, 1.807) is 0 Å². The molecule has 3 aliphatic heterocycles. The first-order valence-corrected chi connectivity index (χ1v) is 11.2. The van der Waals surface area contributed by atoms with Crippen LogP contribution in [-0.4, -0.2) is 31.1 Å². The number of benzene rings is 2. The molecule has 0 aliphatic carbocycles. The summed E-state index contributed by atoms with van der Waals surface area (Å²) in [5.74, 6) is 0. The molecule has 2 N–H and O–H groups in total. The highest BCUT2D eigenvalue weighted by Gasteiger charge is 2.44. The van der Waals surface area contributed by atoms with Crippen molar-refractivity contribution in [2.75, 3.05) is 31.5 Å². The van der Waals surface area contributed by atoms with Crippen LogP contribution in [0.25, 0.3) is 0 Å². The number of anilines is 1. The van der Waals surface area contributed by atoms with Gasteiger partial charge in [-0.15, -0.1) is 0 Å². The minimum atomic E-state index is -0.00871. The number of aryl methyl sites for hydroxylation is 1. The summed E-state index contributed by atoms with van der Waals surface area (Å²) in [7, 11) is 0. The van der Waals surface area contributed by atoms with Gasteiger partial charge in [0.25, 0.3) is 0 Å². The fourth-order valence-corrected chi connectivity index (χ4v) is 5.49. The van der Waals surface area contributed by atoms with Crippen molar-refractivity contribution in [3.8, 4) is 6.07 Å². The molecule has 154 valence electrons. The summed E-state index contributed by atoms with van der Waals surface area (Å²) >= 11 is 0. The van der Waals surface area contributed by atoms with E-state index in [9.17, 15) is 5.26 Å². The summed E-state index contributed by atoms with van der Waals surface area (Å²) in [6.45, 7) is 9.80. The maximum atomic E-state index is 9.32. The van der Waals surface area contributed by atoms with Crippen LogP contribution < -0.4 is 10.6 Å². The van der Waals surface area contributed by atoms with Crippen molar-refractivity contribution < 1.29 is 0 Å². The number of hydrogen-bond donors (Lipinski definition) is 2. The van der Waals surface area contributed by atoms with Crippen LogP contribution >= 0.6 is 0 Å². The van der Waals surface area contributed by atoms with E-state index >= 15 is 0 Å². The Hall–Kier alpha value is -2.61. The van der Waals surface area contributed by atoms with Gasteiger partial charge in [0.15, 0.2) is 0 Å². The molecule has 1 fully saturated rings. The normalized spacial score (nSPS) is 19.8. The maximum absolute atomic E-state index is 9.32. The van der Waals surface area contributed by atoms with Gasteiger partial charge < -0.3 is 15.5 Å². The van der Waals surface area contributed by atoms with Crippen LogP contribution in [0.2, 0.25) is 0 Å². The van der Waals surface area contributed by atoms with E-state index in [-0.39, 0.29) is 5.41 Å². The fraction of sp³-hybridized carbons (Fsp3) is 0.423. The predicted molar refractivity (Wildman–Crippen MR) is 121 cm³/mol. The third-order valence-electron chi connectivity index (χ3n) is 7.33. The highest BCUT2D eigenvalue weighted by Crippen LogP contribution is 2.49. The van der Waals surface area contributed by atoms with Crippen molar-refractivity contribution in [3.63, 3.8) is 0 Å². The summed E-state index contributed by atoms with van der Waals surface area (Å²) < 4.78 is 0. The second kappa shape index (κ2) is 7.91. The van der Waals surface area contributed by atoms with Gasteiger partial charge in [0.1, 0.15) is 0 Å². The summed E-state index contributed by atoms with van der Waals surface area (Å²) in [4.78, 5) is 2.60. The SMILES string of the molecule is C=C1Nc2ccc(C#N)cc2C12CCN(CCCc1ccc3c(c1)CCNC3)CC2. The molecule has 0 unspecified atom stereocenters. The number of fused-ring (bicyclic) bond motifs is 3. The fourth-order valence-electron chi connectivity index (χ4n) is 5.49. The second-order valence-electron chi connectivity index (χ2n) is 9.03. The lowest BCUT2D eigenvalue weighted by molar-refractivity contribution is 0.179. The van der Waals surface area contributed by atoms with Gasteiger partial charge in [0, 0.05) is 23.3 Å². The Balaban J connectivity index is 1.18. The van der Waals surface area contributed by atoms with E-state index in [1.165, 1.54) is 28.7 Å².